The van der Waals surface area contributed by atoms with E-state index < -0.39 is 0 Å². The molecule has 6 aliphatic carbocycles. The number of hydrogen-bond acceptors (Lipinski definition) is 0. The Morgan fingerprint density at radius 2 is 1.17 bits per heavy atom. The molecule has 0 aromatic heterocycles. The molecule has 0 saturated heterocycles. The Morgan fingerprint density at radius 1 is 0.583 bits per heavy atom. The molecule has 0 N–H and O–H groups in total. The van der Waals surface area contributed by atoms with E-state index in [1.165, 1.54) is 47.3 Å². The third-order valence-electron chi connectivity index (χ3n) is 6.32. The molecule has 6 fully saturated rings. The quantitative estimate of drug-likeness (QED) is 0.511. The Kier molecular flexibility index (Phi) is 0.663. The largest absolute Gasteiger partial charge is 0.0499 e. The second-order valence-corrected chi connectivity index (χ2v) is 6.21. The SMILES string of the molecule is C1CC2CC1C1C3CC4C1C4C23. The molecule has 0 nitrogen and oxygen atoms in total. The fourth-order valence-electron chi connectivity index (χ4n) is 6.36. The van der Waals surface area contributed by atoms with Crippen LogP contribution in [-0.4, -0.2) is 0 Å². The maximum atomic E-state index is 1.68. The molecule has 8 bridgehead atoms. The Hall–Kier alpha value is 0. The van der Waals surface area contributed by atoms with Crippen molar-refractivity contribution in [1.82, 2.24) is 0 Å². The van der Waals surface area contributed by atoms with Crippen molar-refractivity contribution in [2.24, 2.45) is 47.3 Å². The Balaban J connectivity index is 1.77. The van der Waals surface area contributed by atoms with E-state index in [1.807, 2.05) is 0 Å². The first-order valence-corrected chi connectivity index (χ1v) is 5.95. The van der Waals surface area contributed by atoms with Gasteiger partial charge in [-0.15, -0.1) is 0 Å². The highest BCUT2D eigenvalue weighted by Crippen LogP contribution is 2.82. The summed E-state index contributed by atoms with van der Waals surface area (Å²) < 4.78 is 0. The van der Waals surface area contributed by atoms with E-state index in [4.69, 9.17) is 0 Å². The molecule has 0 amide bonds. The minimum atomic E-state index is 1.22. The van der Waals surface area contributed by atoms with Crippen LogP contribution in [0.25, 0.3) is 0 Å². The molecular formula is C12H16. The Bertz CT molecular complexity index is 245. The lowest BCUT2D eigenvalue weighted by atomic mass is 9.72. The highest BCUT2D eigenvalue weighted by Gasteiger charge is 2.77. The van der Waals surface area contributed by atoms with Crippen LogP contribution in [0.2, 0.25) is 0 Å². The van der Waals surface area contributed by atoms with Gasteiger partial charge in [-0.1, -0.05) is 0 Å². The highest BCUT2D eigenvalue weighted by molar-refractivity contribution is 5.25. The average molecular weight is 160 g/mol. The van der Waals surface area contributed by atoms with Gasteiger partial charge in [0.05, 0.1) is 0 Å². The van der Waals surface area contributed by atoms with E-state index in [0.717, 1.165) is 0 Å². The van der Waals surface area contributed by atoms with Crippen LogP contribution in [0.4, 0.5) is 0 Å². The standard InChI is InChI=1S/C12H16/c1-2-6-3-5(1)9-7-4-8-11(9)12(8)10(6)7/h5-12H,1-4H2. The zero-order valence-electron chi connectivity index (χ0n) is 7.45. The van der Waals surface area contributed by atoms with Crippen LogP contribution < -0.4 is 0 Å². The van der Waals surface area contributed by atoms with Gasteiger partial charge in [0, 0.05) is 0 Å². The molecule has 6 aliphatic rings. The summed E-state index contributed by atoms with van der Waals surface area (Å²) in [5.41, 5.74) is 0. The first-order chi connectivity index (χ1) is 5.95. The van der Waals surface area contributed by atoms with Gasteiger partial charge in [-0.2, -0.15) is 0 Å². The molecule has 0 spiro atoms. The summed E-state index contributed by atoms with van der Waals surface area (Å²) in [6.07, 6.45) is 6.58. The van der Waals surface area contributed by atoms with Crippen molar-refractivity contribution >= 4 is 0 Å². The van der Waals surface area contributed by atoms with E-state index in [1.54, 1.807) is 25.7 Å². The first kappa shape index (κ1) is 5.67. The van der Waals surface area contributed by atoms with Gasteiger partial charge in [-0.3, -0.25) is 0 Å². The summed E-state index contributed by atoms with van der Waals surface area (Å²) in [4.78, 5) is 0. The summed E-state index contributed by atoms with van der Waals surface area (Å²) in [5.74, 6) is 10.1. The van der Waals surface area contributed by atoms with Crippen LogP contribution in [0, 0.1) is 47.3 Å². The molecule has 0 heteroatoms. The summed E-state index contributed by atoms with van der Waals surface area (Å²) >= 11 is 0. The lowest BCUT2D eigenvalue weighted by Gasteiger charge is -2.33. The van der Waals surface area contributed by atoms with Crippen molar-refractivity contribution in [1.29, 1.82) is 0 Å². The zero-order chi connectivity index (χ0) is 7.45. The molecule has 6 rings (SSSR count). The third-order valence-corrected chi connectivity index (χ3v) is 6.32. The van der Waals surface area contributed by atoms with E-state index in [2.05, 4.69) is 0 Å². The molecule has 0 radical (unpaired) electrons. The predicted molar refractivity (Wildman–Crippen MR) is 46.4 cm³/mol. The normalized spacial score (nSPS) is 80.0. The van der Waals surface area contributed by atoms with Gasteiger partial charge >= 0.3 is 0 Å². The number of rotatable bonds is 0. The van der Waals surface area contributed by atoms with Crippen molar-refractivity contribution in [3.63, 3.8) is 0 Å². The van der Waals surface area contributed by atoms with Crippen LogP contribution in [0.5, 0.6) is 0 Å². The topological polar surface area (TPSA) is 0 Å². The monoisotopic (exact) mass is 160 g/mol. The van der Waals surface area contributed by atoms with E-state index in [9.17, 15) is 0 Å². The molecule has 6 atom stereocenters. The minimum absolute atomic E-state index is 1.22. The zero-order valence-corrected chi connectivity index (χ0v) is 7.45. The molecule has 12 heavy (non-hydrogen) atoms. The predicted octanol–water partition coefficient (Wildman–Crippen LogP) is 2.54. The lowest BCUT2D eigenvalue weighted by molar-refractivity contribution is 0.155. The molecule has 0 aliphatic heterocycles. The second kappa shape index (κ2) is 1.40. The van der Waals surface area contributed by atoms with Crippen LogP contribution in [0.3, 0.4) is 0 Å². The lowest BCUT2D eigenvalue weighted by Crippen LogP contribution is -2.27. The molecule has 0 aromatic carbocycles. The van der Waals surface area contributed by atoms with E-state index >= 15 is 0 Å². The Morgan fingerprint density at radius 3 is 1.75 bits per heavy atom. The molecule has 6 saturated carbocycles. The van der Waals surface area contributed by atoms with Gasteiger partial charge in [-0.25, -0.2) is 0 Å². The van der Waals surface area contributed by atoms with Gasteiger partial charge in [0.25, 0.3) is 0 Å². The van der Waals surface area contributed by atoms with Gasteiger partial charge in [0.15, 0.2) is 0 Å². The van der Waals surface area contributed by atoms with Gasteiger partial charge < -0.3 is 0 Å². The van der Waals surface area contributed by atoms with Crippen molar-refractivity contribution in [2.45, 2.75) is 25.7 Å². The Labute approximate surface area is 73.7 Å². The van der Waals surface area contributed by atoms with Crippen molar-refractivity contribution in [3.05, 3.63) is 0 Å². The van der Waals surface area contributed by atoms with E-state index in [-0.39, 0.29) is 0 Å². The third kappa shape index (κ3) is 0.367. The first-order valence-electron chi connectivity index (χ1n) is 5.95. The van der Waals surface area contributed by atoms with Crippen LogP contribution in [-0.2, 0) is 0 Å². The summed E-state index contributed by atoms with van der Waals surface area (Å²) in [6.45, 7) is 0. The molecule has 0 heterocycles. The van der Waals surface area contributed by atoms with Crippen molar-refractivity contribution in [2.75, 3.05) is 0 Å². The minimum Gasteiger partial charge on any atom is -0.0499 e. The molecule has 6 unspecified atom stereocenters. The smallest absolute Gasteiger partial charge is 0.0315 e. The van der Waals surface area contributed by atoms with E-state index in [0.29, 0.717) is 0 Å². The van der Waals surface area contributed by atoms with Crippen LogP contribution in [0.15, 0.2) is 0 Å². The van der Waals surface area contributed by atoms with Gasteiger partial charge in [0.1, 0.15) is 0 Å². The summed E-state index contributed by atoms with van der Waals surface area (Å²) in [7, 11) is 0. The summed E-state index contributed by atoms with van der Waals surface area (Å²) in [6, 6.07) is 0. The maximum Gasteiger partial charge on any atom is -0.0315 e. The second-order valence-electron chi connectivity index (χ2n) is 6.21. The highest BCUT2D eigenvalue weighted by atomic mass is 14.8. The fourth-order valence-corrected chi connectivity index (χ4v) is 6.36. The average Bonchev–Trinajstić information content (AvgIpc) is 2.50. The molecule has 0 aromatic rings. The van der Waals surface area contributed by atoms with Crippen molar-refractivity contribution < 1.29 is 0 Å². The van der Waals surface area contributed by atoms with Crippen LogP contribution in [0.1, 0.15) is 25.7 Å². The van der Waals surface area contributed by atoms with Crippen molar-refractivity contribution in [3.8, 4) is 0 Å². The fraction of sp³-hybridized carbons (Fsp3) is 1.00. The number of hydrogen-bond donors (Lipinski definition) is 0. The maximum absolute atomic E-state index is 1.68. The number of fused-ring (bicyclic) bond motifs is 2. The van der Waals surface area contributed by atoms with Gasteiger partial charge in [-0.05, 0) is 73.0 Å². The van der Waals surface area contributed by atoms with Gasteiger partial charge in [0.2, 0.25) is 0 Å². The molecule has 64 valence electrons. The summed E-state index contributed by atoms with van der Waals surface area (Å²) in [5, 5.41) is 0. The van der Waals surface area contributed by atoms with Crippen LogP contribution >= 0.6 is 0 Å². The molecular weight excluding hydrogens is 144 g/mol.